The average molecular weight is 262 g/mol. The van der Waals surface area contributed by atoms with Crippen molar-refractivity contribution in [1.29, 1.82) is 0 Å². The van der Waals surface area contributed by atoms with Gasteiger partial charge in [0, 0.05) is 5.02 Å². The van der Waals surface area contributed by atoms with Crippen molar-refractivity contribution in [3.05, 3.63) is 64.7 Å². The predicted octanol–water partition coefficient (Wildman–Crippen LogP) is 3.66. The molecular weight excluding hydrogens is 246 g/mol. The van der Waals surface area contributed by atoms with E-state index in [1.54, 1.807) is 7.11 Å². The molecule has 18 heavy (non-hydrogen) atoms. The number of nitrogens with one attached hydrogen (secondary N) is 1. The lowest BCUT2D eigenvalue weighted by molar-refractivity contribution is 0.414. The minimum Gasteiger partial charge on any atom is -0.497 e. The van der Waals surface area contributed by atoms with Crippen LogP contribution in [0.5, 0.6) is 5.75 Å². The molecule has 2 aromatic carbocycles. The Morgan fingerprint density at radius 2 is 1.44 bits per heavy atom. The van der Waals surface area contributed by atoms with E-state index in [0.717, 1.165) is 10.8 Å². The second kappa shape index (κ2) is 5.89. The molecule has 0 amide bonds. The van der Waals surface area contributed by atoms with Crippen LogP contribution in [0, 0.1) is 0 Å². The van der Waals surface area contributed by atoms with Crippen molar-refractivity contribution in [2.75, 3.05) is 14.2 Å². The highest BCUT2D eigenvalue weighted by atomic mass is 35.5. The average Bonchev–Trinajstić information content (AvgIpc) is 2.42. The van der Waals surface area contributed by atoms with E-state index in [1.165, 1.54) is 11.1 Å². The highest BCUT2D eigenvalue weighted by Gasteiger charge is 2.11. The number of rotatable bonds is 4. The Balaban J connectivity index is 2.29. The van der Waals surface area contributed by atoms with Crippen LogP contribution in [0.15, 0.2) is 48.5 Å². The lowest BCUT2D eigenvalue weighted by Gasteiger charge is -2.17. The standard InChI is InChI=1S/C15H16ClNO/c1-17-15(11-3-7-13(16)8-4-11)12-5-9-14(18-2)10-6-12/h3-10,15,17H,1-2H3. The quantitative estimate of drug-likeness (QED) is 0.907. The Kier molecular flexibility index (Phi) is 4.24. The maximum Gasteiger partial charge on any atom is 0.118 e. The summed E-state index contributed by atoms with van der Waals surface area (Å²) in [4.78, 5) is 0. The molecule has 2 rings (SSSR count). The summed E-state index contributed by atoms with van der Waals surface area (Å²) in [6.07, 6.45) is 0. The molecule has 1 atom stereocenters. The molecule has 1 N–H and O–H groups in total. The lowest BCUT2D eigenvalue weighted by Crippen LogP contribution is -2.17. The van der Waals surface area contributed by atoms with Crippen molar-refractivity contribution in [2.24, 2.45) is 0 Å². The van der Waals surface area contributed by atoms with E-state index < -0.39 is 0 Å². The van der Waals surface area contributed by atoms with Gasteiger partial charge in [-0.05, 0) is 42.4 Å². The zero-order valence-corrected chi connectivity index (χ0v) is 11.2. The molecule has 3 heteroatoms. The normalized spacial score (nSPS) is 12.2. The Bertz CT molecular complexity index is 493. The number of halogens is 1. The maximum absolute atomic E-state index is 5.91. The molecule has 0 saturated carbocycles. The number of ether oxygens (including phenoxy) is 1. The molecule has 94 valence electrons. The van der Waals surface area contributed by atoms with Crippen molar-refractivity contribution in [3.8, 4) is 5.75 Å². The predicted molar refractivity (Wildman–Crippen MR) is 75.3 cm³/mol. The molecule has 0 aliphatic carbocycles. The van der Waals surface area contributed by atoms with Gasteiger partial charge in [-0.2, -0.15) is 0 Å². The fraction of sp³-hybridized carbons (Fsp3) is 0.200. The molecule has 0 aliphatic heterocycles. The van der Waals surface area contributed by atoms with Gasteiger partial charge in [-0.3, -0.25) is 0 Å². The first-order chi connectivity index (χ1) is 8.74. The van der Waals surface area contributed by atoms with Gasteiger partial charge in [0.2, 0.25) is 0 Å². The monoisotopic (exact) mass is 261 g/mol. The van der Waals surface area contributed by atoms with Crippen LogP contribution in [0.3, 0.4) is 0 Å². The van der Waals surface area contributed by atoms with Gasteiger partial charge in [-0.25, -0.2) is 0 Å². The van der Waals surface area contributed by atoms with Gasteiger partial charge in [0.15, 0.2) is 0 Å². The third kappa shape index (κ3) is 2.84. The van der Waals surface area contributed by atoms with Crippen LogP contribution >= 0.6 is 11.6 Å². The van der Waals surface area contributed by atoms with E-state index in [-0.39, 0.29) is 6.04 Å². The second-order valence-electron chi connectivity index (χ2n) is 4.05. The van der Waals surface area contributed by atoms with Crippen molar-refractivity contribution in [3.63, 3.8) is 0 Å². The topological polar surface area (TPSA) is 21.3 Å². The van der Waals surface area contributed by atoms with Gasteiger partial charge in [0.1, 0.15) is 5.75 Å². The van der Waals surface area contributed by atoms with E-state index in [1.807, 2.05) is 43.4 Å². The fourth-order valence-corrected chi connectivity index (χ4v) is 2.10. The summed E-state index contributed by atoms with van der Waals surface area (Å²) in [6, 6.07) is 16.1. The molecular formula is C15H16ClNO. The number of hydrogen-bond acceptors (Lipinski definition) is 2. The van der Waals surface area contributed by atoms with Gasteiger partial charge in [-0.1, -0.05) is 35.9 Å². The van der Waals surface area contributed by atoms with Gasteiger partial charge in [-0.15, -0.1) is 0 Å². The highest BCUT2D eigenvalue weighted by molar-refractivity contribution is 6.30. The Hall–Kier alpha value is -1.51. The first-order valence-corrected chi connectivity index (χ1v) is 6.19. The molecule has 2 aromatic rings. The van der Waals surface area contributed by atoms with E-state index in [4.69, 9.17) is 16.3 Å². The summed E-state index contributed by atoms with van der Waals surface area (Å²) in [5, 5.41) is 4.06. The molecule has 2 nitrogen and oxygen atoms in total. The second-order valence-corrected chi connectivity index (χ2v) is 4.48. The number of methoxy groups -OCH3 is 1. The molecule has 0 radical (unpaired) electrons. The molecule has 1 unspecified atom stereocenters. The van der Waals surface area contributed by atoms with Gasteiger partial charge in [0.05, 0.1) is 13.2 Å². The minimum atomic E-state index is 0.160. The van der Waals surface area contributed by atoms with Gasteiger partial charge < -0.3 is 10.1 Å². The Labute approximate surface area is 113 Å². The largest absolute Gasteiger partial charge is 0.497 e. The van der Waals surface area contributed by atoms with Crippen molar-refractivity contribution < 1.29 is 4.74 Å². The molecule has 0 aromatic heterocycles. The smallest absolute Gasteiger partial charge is 0.118 e. The van der Waals surface area contributed by atoms with E-state index in [2.05, 4.69) is 17.4 Å². The van der Waals surface area contributed by atoms with Crippen LogP contribution in [-0.2, 0) is 0 Å². The van der Waals surface area contributed by atoms with E-state index in [9.17, 15) is 0 Å². The van der Waals surface area contributed by atoms with Crippen LogP contribution in [0.4, 0.5) is 0 Å². The third-order valence-corrected chi connectivity index (χ3v) is 3.19. The van der Waals surface area contributed by atoms with Gasteiger partial charge >= 0.3 is 0 Å². The molecule has 0 fully saturated rings. The summed E-state index contributed by atoms with van der Waals surface area (Å²) in [6.45, 7) is 0. The van der Waals surface area contributed by atoms with Crippen LogP contribution in [0.2, 0.25) is 5.02 Å². The van der Waals surface area contributed by atoms with Crippen LogP contribution < -0.4 is 10.1 Å². The zero-order valence-electron chi connectivity index (χ0n) is 10.5. The fourth-order valence-electron chi connectivity index (χ4n) is 1.98. The first kappa shape index (κ1) is 12.9. The Morgan fingerprint density at radius 3 is 1.89 bits per heavy atom. The molecule has 0 saturated heterocycles. The van der Waals surface area contributed by atoms with Crippen molar-refractivity contribution in [1.82, 2.24) is 5.32 Å². The van der Waals surface area contributed by atoms with E-state index in [0.29, 0.717) is 0 Å². The van der Waals surface area contributed by atoms with Crippen LogP contribution in [0.1, 0.15) is 17.2 Å². The lowest BCUT2D eigenvalue weighted by atomic mass is 9.99. The van der Waals surface area contributed by atoms with Gasteiger partial charge in [0.25, 0.3) is 0 Å². The SMILES string of the molecule is CNC(c1ccc(Cl)cc1)c1ccc(OC)cc1. The molecule has 0 spiro atoms. The zero-order chi connectivity index (χ0) is 13.0. The maximum atomic E-state index is 5.91. The van der Waals surface area contributed by atoms with Crippen molar-refractivity contribution >= 4 is 11.6 Å². The summed E-state index contributed by atoms with van der Waals surface area (Å²) < 4.78 is 5.17. The summed E-state index contributed by atoms with van der Waals surface area (Å²) >= 11 is 5.91. The number of hydrogen-bond donors (Lipinski definition) is 1. The molecule has 0 aliphatic rings. The Morgan fingerprint density at radius 1 is 0.944 bits per heavy atom. The minimum absolute atomic E-state index is 0.160. The summed E-state index contributed by atoms with van der Waals surface area (Å²) in [7, 11) is 3.62. The van der Waals surface area contributed by atoms with Crippen LogP contribution in [-0.4, -0.2) is 14.2 Å². The first-order valence-electron chi connectivity index (χ1n) is 5.81. The van der Waals surface area contributed by atoms with Crippen LogP contribution in [0.25, 0.3) is 0 Å². The summed E-state index contributed by atoms with van der Waals surface area (Å²) in [5.41, 5.74) is 2.38. The summed E-state index contributed by atoms with van der Waals surface area (Å²) in [5.74, 6) is 0.865. The molecule has 0 heterocycles. The number of benzene rings is 2. The highest BCUT2D eigenvalue weighted by Crippen LogP contribution is 2.24. The molecule has 0 bridgehead atoms. The van der Waals surface area contributed by atoms with E-state index >= 15 is 0 Å². The van der Waals surface area contributed by atoms with Crippen molar-refractivity contribution in [2.45, 2.75) is 6.04 Å². The third-order valence-electron chi connectivity index (χ3n) is 2.94.